The third-order valence-electron chi connectivity index (χ3n) is 3.66. The molecule has 2 heterocycles. The fraction of sp³-hybridized carbons (Fsp3) is 0.235. The maximum atomic E-state index is 12.2. The standard InChI is InChI=1S/C17H19N5O3S3/c1-22(2)28(24,25)14-7-3-5-12(9-14)18-16(23)11-27-17-19-15(20-21-17)10-13-6-4-8-26-13/h3-9H,10-11H2,1-2H3,(H,18,23)(H,19,20,21). The molecule has 0 aliphatic carbocycles. The predicted octanol–water partition coefficient (Wildman–Crippen LogP) is 2.44. The largest absolute Gasteiger partial charge is 0.325 e. The smallest absolute Gasteiger partial charge is 0.242 e. The van der Waals surface area contributed by atoms with Gasteiger partial charge in [0.15, 0.2) is 0 Å². The number of carbonyl (C=O) groups excluding carboxylic acids is 1. The van der Waals surface area contributed by atoms with Crippen molar-refractivity contribution in [1.29, 1.82) is 0 Å². The van der Waals surface area contributed by atoms with Gasteiger partial charge in [0.05, 0.1) is 10.6 Å². The molecule has 11 heteroatoms. The molecule has 2 aromatic heterocycles. The number of thiophene rings is 1. The number of nitrogens with one attached hydrogen (secondary N) is 2. The van der Waals surface area contributed by atoms with Gasteiger partial charge in [0, 0.05) is 31.1 Å². The third-order valence-corrected chi connectivity index (χ3v) is 7.20. The molecule has 0 radical (unpaired) electrons. The van der Waals surface area contributed by atoms with Gasteiger partial charge in [-0.15, -0.1) is 16.4 Å². The molecule has 0 fully saturated rings. The zero-order chi connectivity index (χ0) is 20.1. The van der Waals surface area contributed by atoms with Crippen molar-refractivity contribution in [1.82, 2.24) is 19.5 Å². The van der Waals surface area contributed by atoms with Gasteiger partial charge in [0.1, 0.15) is 5.82 Å². The molecule has 0 aliphatic rings. The Labute approximate surface area is 171 Å². The number of benzene rings is 1. The van der Waals surface area contributed by atoms with E-state index in [0.29, 0.717) is 17.3 Å². The summed E-state index contributed by atoms with van der Waals surface area (Å²) in [6.45, 7) is 0. The minimum absolute atomic E-state index is 0.112. The highest BCUT2D eigenvalue weighted by molar-refractivity contribution is 7.99. The fourth-order valence-corrected chi connectivity index (χ4v) is 4.55. The van der Waals surface area contributed by atoms with Crippen LogP contribution in [0.3, 0.4) is 0 Å². The Balaban J connectivity index is 1.56. The SMILES string of the molecule is CN(C)S(=O)(=O)c1cccc(NC(=O)CSc2n[nH]c(Cc3cccs3)n2)c1. The fourth-order valence-electron chi connectivity index (χ4n) is 2.27. The van der Waals surface area contributed by atoms with Gasteiger partial charge in [0.2, 0.25) is 21.1 Å². The van der Waals surface area contributed by atoms with Crippen molar-refractivity contribution < 1.29 is 13.2 Å². The van der Waals surface area contributed by atoms with E-state index in [1.54, 1.807) is 23.5 Å². The zero-order valence-electron chi connectivity index (χ0n) is 15.2. The van der Waals surface area contributed by atoms with E-state index in [-0.39, 0.29) is 16.6 Å². The van der Waals surface area contributed by atoms with Gasteiger partial charge >= 0.3 is 0 Å². The maximum absolute atomic E-state index is 12.2. The summed E-state index contributed by atoms with van der Waals surface area (Å²) >= 11 is 2.85. The molecule has 0 spiro atoms. The first-order valence-corrected chi connectivity index (χ1v) is 11.5. The topological polar surface area (TPSA) is 108 Å². The maximum Gasteiger partial charge on any atom is 0.242 e. The lowest BCUT2D eigenvalue weighted by Crippen LogP contribution is -2.22. The molecule has 0 saturated carbocycles. The van der Waals surface area contributed by atoms with Gasteiger partial charge in [-0.25, -0.2) is 17.7 Å². The number of hydrogen-bond acceptors (Lipinski definition) is 7. The summed E-state index contributed by atoms with van der Waals surface area (Å²) in [6.07, 6.45) is 0.671. The second-order valence-corrected chi connectivity index (χ2v) is 10.1. The number of nitrogens with zero attached hydrogens (tertiary/aromatic N) is 3. The average molecular weight is 438 g/mol. The van der Waals surface area contributed by atoms with E-state index in [2.05, 4.69) is 20.5 Å². The van der Waals surface area contributed by atoms with E-state index in [9.17, 15) is 13.2 Å². The first kappa shape index (κ1) is 20.5. The van der Waals surface area contributed by atoms with Crippen LogP contribution in [0, 0.1) is 0 Å². The lowest BCUT2D eigenvalue weighted by Gasteiger charge is -2.12. The van der Waals surface area contributed by atoms with E-state index in [4.69, 9.17) is 0 Å². The number of aromatic nitrogens is 3. The van der Waals surface area contributed by atoms with E-state index >= 15 is 0 Å². The Hall–Kier alpha value is -2.21. The first-order chi connectivity index (χ1) is 13.3. The molecule has 3 aromatic rings. The molecule has 0 unspecified atom stereocenters. The molecule has 0 bridgehead atoms. The van der Waals surface area contributed by atoms with Crippen LogP contribution in [0.25, 0.3) is 0 Å². The minimum Gasteiger partial charge on any atom is -0.325 e. The van der Waals surface area contributed by atoms with Crippen LogP contribution in [0.4, 0.5) is 5.69 Å². The molecular formula is C17H19N5O3S3. The highest BCUT2D eigenvalue weighted by atomic mass is 32.2. The Kier molecular flexibility index (Phi) is 6.50. The molecule has 1 aromatic carbocycles. The van der Waals surface area contributed by atoms with Crippen LogP contribution in [0.1, 0.15) is 10.7 Å². The molecule has 0 aliphatic heterocycles. The van der Waals surface area contributed by atoms with Gasteiger partial charge in [-0.05, 0) is 29.6 Å². The van der Waals surface area contributed by atoms with Crippen molar-refractivity contribution in [2.75, 3.05) is 25.2 Å². The summed E-state index contributed by atoms with van der Waals surface area (Å²) in [5.74, 6) is 0.585. The number of sulfonamides is 1. The van der Waals surface area contributed by atoms with Crippen molar-refractivity contribution in [3.63, 3.8) is 0 Å². The second kappa shape index (κ2) is 8.86. The second-order valence-electron chi connectivity index (χ2n) is 5.97. The molecule has 0 atom stereocenters. The number of aromatic amines is 1. The van der Waals surface area contributed by atoms with Gasteiger partial charge in [-0.3, -0.25) is 9.89 Å². The number of rotatable bonds is 8. The number of amides is 1. The zero-order valence-corrected chi connectivity index (χ0v) is 17.7. The number of thioether (sulfide) groups is 1. The first-order valence-electron chi connectivity index (χ1n) is 8.23. The van der Waals surface area contributed by atoms with E-state index in [1.807, 2.05) is 17.5 Å². The monoisotopic (exact) mass is 437 g/mol. The quantitative estimate of drug-likeness (QED) is 0.524. The van der Waals surface area contributed by atoms with E-state index < -0.39 is 10.0 Å². The van der Waals surface area contributed by atoms with Crippen LogP contribution in [-0.4, -0.2) is 53.7 Å². The van der Waals surface area contributed by atoms with Gasteiger partial charge < -0.3 is 5.32 Å². The van der Waals surface area contributed by atoms with Crippen molar-refractivity contribution in [3.05, 3.63) is 52.5 Å². The molecule has 8 nitrogen and oxygen atoms in total. The lowest BCUT2D eigenvalue weighted by molar-refractivity contribution is -0.113. The summed E-state index contributed by atoms with van der Waals surface area (Å²) in [6, 6.07) is 10.2. The Morgan fingerprint density at radius 1 is 1.29 bits per heavy atom. The summed E-state index contributed by atoms with van der Waals surface area (Å²) in [7, 11) is -0.638. The predicted molar refractivity (Wildman–Crippen MR) is 110 cm³/mol. The van der Waals surface area contributed by atoms with Gasteiger partial charge in [-0.2, -0.15) is 0 Å². The van der Waals surface area contributed by atoms with Crippen LogP contribution in [0.2, 0.25) is 0 Å². The summed E-state index contributed by atoms with van der Waals surface area (Å²) in [5.41, 5.74) is 0.418. The van der Waals surface area contributed by atoms with Crippen LogP contribution < -0.4 is 5.32 Å². The van der Waals surface area contributed by atoms with Crippen LogP contribution in [0.5, 0.6) is 0 Å². The number of hydrogen-bond donors (Lipinski definition) is 2. The van der Waals surface area contributed by atoms with Gasteiger partial charge in [-0.1, -0.05) is 23.9 Å². The van der Waals surface area contributed by atoms with Crippen molar-refractivity contribution in [2.45, 2.75) is 16.5 Å². The molecule has 28 heavy (non-hydrogen) atoms. The summed E-state index contributed by atoms with van der Waals surface area (Å²) < 4.78 is 25.5. The Bertz CT molecular complexity index is 1050. The van der Waals surface area contributed by atoms with E-state index in [1.165, 1.54) is 42.9 Å². The minimum atomic E-state index is -3.56. The number of anilines is 1. The van der Waals surface area contributed by atoms with Crippen LogP contribution in [0.15, 0.2) is 51.8 Å². The van der Waals surface area contributed by atoms with E-state index in [0.717, 1.165) is 10.1 Å². The molecular weight excluding hydrogens is 418 g/mol. The number of H-pyrrole nitrogens is 1. The summed E-state index contributed by atoms with van der Waals surface area (Å²) in [5, 5.41) is 12.2. The highest BCUT2D eigenvalue weighted by Crippen LogP contribution is 2.19. The van der Waals surface area contributed by atoms with Crippen molar-refractivity contribution in [3.8, 4) is 0 Å². The Morgan fingerprint density at radius 2 is 2.11 bits per heavy atom. The van der Waals surface area contributed by atoms with Gasteiger partial charge in [0.25, 0.3) is 0 Å². The normalized spacial score (nSPS) is 11.7. The third kappa shape index (κ3) is 5.19. The number of carbonyl (C=O) groups is 1. The van der Waals surface area contributed by atoms with Crippen LogP contribution >= 0.6 is 23.1 Å². The van der Waals surface area contributed by atoms with Crippen LogP contribution in [-0.2, 0) is 21.2 Å². The highest BCUT2D eigenvalue weighted by Gasteiger charge is 2.17. The molecule has 1 amide bonds. The molecule has 148 valence electrons. The molecule has 0 saturated heterocycles. The average Bonchev–Trinajstić information content (AvgIpc) is 3.32. The lowest BCUT2D eigenvalue weighted by atomic mass is 10.3. The summed E-state index contributed by atoms with van der Waals surface area (Å²) in [4.78, 5) is 17.9. The molecule has 2 N–H and O–H groups in total. The van der Waals surface area contributed by atoms with Crippen molar-refractivity contribution in [2.24, 2.45) is 0 Å². The van der Waals surface area contributed by atoms with Crippen molar-refractivity contribution >= 4 is 44.7 Å². The Morgan fingerprint density at radius 3 is 2.82 bits per heavy atom. The molecule has 3 rings (SSSR count).